The van der Waals surface area contributed by atoms with Crippen molar-refractivity contribution >= 4 is 43.5 Å². The first-order chi connectivity index (χ1) is 10.3. The molecule has 2 aromatic rings. The van der Waals surface area contributed by atoms with Gasteiger partial charge in [0.05, 0.1) is 11.4 Å². The van der Waals surface area contributed by atoms with E-state index < -0.39 is 15.9 Å². The van der Waals surface area contributed by atoms with Crippen molar-refractivity contribution in [1.29, 1.82) is 0 Å². The molecule has 1 amide bonds. The van der Waals surface area contributed by atoms with E-state index in [-0.39, 0.29) is 16.3 Å². The monoisotopic (exact) mass is 405 g/mol. The van der Waals surface area contributed by atoms with Gasteiger partial charge in [0.2, 0.25) is 5.91 Å². The molecule has 22 heavy (non-hydrogen) atoms. The highest BCUT2D eigenvalue weighted by molar-refractivity contribution is 9.10. The summed E-state index contributed by atoms with van der Waals surface area (Å²) >= 11 is 9.09. The number of nitrogens with zero attached hydrogens (tertiary/aromatic N) is 1. The second kappa shape index (κ2) is 6.82. The van der Waals surface area contributed by atoms with Gasteiger partial charge < -0.3 is 4.57 Å². The summed E-state index contributed by atoms with van der Waals surface area (Å²) in [7, 11) is -2.13. The van der Waals surface area contributed by atoms with E-state index in [1.54, 1.807) is 36.0 Å². The molecule has 6 nitrogen and oxygen atoms in total. The van der Waals surface area contributed by atoms with Gasteiger partial charge in [0.25, 0.3) is 10.0 Å². The number of aromatic nitrogens is 1. The molecule has 0 atom stereocenters. The maximum Gasteiger partial charge on any atom is 0.258 e. The van der Waals surface area contributed by atoms with E-state index in [0.29, 0.717) is 4.47 Å². The van der Waals surface area contributed by atoms with E-state index in [1.807, 2.05) is 4.83 Å². The molecule has 9 heteroatoms. The zero-order chi connectivity index (χ0) is 16.3. The molecule has 0 aliphatic carbocycles. The second-order valence-corrected chi connectivity index (χ2v) is 7.49. The molecule has 0 unspecified atom stereocenters. The Hall–Kier alpha value is -1.35. The summed E-state index contributed by atoms with van der Waals surface area (Å²) in [5.74, 6) is -0.474. The second-order valence-electron chi connectivity index (χ2n) is 4.52. The first-order valence-corrected chi connectivity index (χ1v) is 8.81. The van der Waals surface area contributed by atoms with Gasteiger partial charge in [-0.15, -0.1) is 4.83 Å². The number of carbonyl (C=O) groups excluding carboxylic acids is 1. The fraction of sp³-hybridized carbons (Fsp3) is 0.154. The number of nitrogens with one attached hydrogen (secondary N) is 2. The Morgan fingerprint density at radius 2 is 2.09 bits per heavy atom. The van der Waals surface area contributed by atoms with E-state index >= 15 is 0 Å². The third kappa shape index (κ3) is 4.10. The van der Waals surface area contributed by atoms with Crippen molar-refractivity contribution in [1.82, 2.24) is 14.8 Å². The molecule has 0 bridgehead atoms. The summed E-state index contributed by atoms with van der Waals surface area (Å²) in [6, 6.07) is 7.93. The summed E-state index contributed by atoms with van der Waals surface area (Å²) in [5, 5.41) is 0.0542. The van der Waals surface area contributed by atoms with Crippen molar-refractivity contribution < 1.29 is 13.2 Å². The van der Waals surface area contributed by atoms with Crippen LogP contribution in [-0.4, -0.2) is 18.9 Å². The largest absolute Gasteiger partial charge is 0.354 e. The Balaban J connectivity index is 2.03. The van der Waals surface area contributed by atoms with Crippen LogP contribution >= 0.6 is 27.5 Å². The third-order valence-corrected chi connectivity index (χ3v) is 5.13. The summed E-state index contributed by atoms with van der Waals surface area (Å²) < 4.78 is 26.6. The zero-order valence-corrected chi connectivity index (χ0v) is 14.7. The third-order valence-electron chi connectivity index (χ3n) is 2.90. The van der Waals surface area contributed by atoms with Crippen LogP contribution < -0.4 is 10.3 Å². The maximum atomic E-state index is 12.1. The summed E-state index contributed by atoms with van der Waals surface area (Å²) in [6.45, 7) is 0. The van der Waals surface area contributed by atoms with E-state index in [1.165, 1.54) is 12.1 Å². The molecule has 1 aromatic carbocycles. The molecular formula is C13H13BrClN3O3S. The molecule has 0 spiro atoms. The van der Waals surface area contributed by atoms with E-state index in [9.17, 15) is 13.2 Å². The van der Waals surface area contributed by atoms with Crippen LogP contribution in [0.2, 0.25) is 5.02 Å². The van der Waals surface area contributed by atoms with Gasteiger partial charge in [-0.05, 0) is 30.3 Å². The van der Waals surface area contributed by atoms with Crippen LogP contribution in [0.15, 0.2) is 45.9 Å². The number of amides is 1. The molecule has 0 radical (unpaired) electrons. The van der Waals surface area contributed by atoms with Crippen molar-refractivity contribution in [3.05, 3.63) is 51.7 Å². The molecule has 0 saturated carbocycles. The lowest BCUT2D eigenvalue weighted by atomic mass is 10.3. The van der Waals surface area contributed by atoms with Gasteiger partial charge in [-0.25, -0.2) is 8.42 Å². The number of hydrazine groups is 1. The van der Waals surface area contributed by atoms with Crippen LogP contribution in [0.4, 0.5) is 0 Å². The predicted octanol–water partition coefficient (Wildman–Crippen LogP) is 1.99. The number of rotatable bonds is 5. The highest BCUT2D eigenvalue weighted by Crippen LogP contribution is 2.24. The van der Waals surface area contributed by atoms with Gasteiger partial charge in [-0.3, -0.25) is 10.2 Å². The Labute approximate surface area is 141 Å². The summed E-state index contributed by atoms with van der Waals surface area (Å²) in [5.41, 5.74) is 2.93. The summed E-state index contributed by atoms with van der Waals surface area (Å²) in [4.78, 5) is 13.7. The Morgan fingerprint density at radius 1 is 1.36 bits per heavy atom. The molecule has 2 rings (SSSR count). The zero-order valence-electron chi connectivity index (χ0n) is 11.5. The van der Waals surface area contributed by atoms with Crippen molar-refractivity contribution in [3.8, 4) is 0 Å². The van der Waals surface area contributed by atoms with Crippen LogP contribution in [-0.2, 0) is 28.3 Å². The summed E-state index contributed by atoms with van der Waals surface area (Å²) in [6.07, 6.45) is 1.86. The van der Waals surface area contributed by atoms with Crippen LogP contribution in [0.3, 0.4) is 0 Å². The number of halogens is 2. The van der Waals surface area contributed by atoms with Crippen LogP contribution in [0.5, 0.6) is 0 Å². The van der Waals surface area contributed by atoms with Gasteiger partial charge in [0, 0.05) is 23.4 Å². The lowest BCUT2D eigenvalue weighted by Crippen LogP contribution is -2.42. The lowest BCUT2D eigenvalue weighted by molar-refractivity contribution is -0.121. The Bertz CT molecular complexity index is 805. The topological polar surface area (TPSA) is 80.2 Å². The number of carbonyl (C=O) groups is 1. The fourth-order valence-electron chi connectivity index (χ4n) is 1.76. The smallest absolute Gasteiger partial charge is 0.258 e. The van der Waals surface area contributed by atoms with Gasteiger partial charge in [0.15, 0.2) is 0 Å². The fourth-order valence-corrected chi connectivity index (χ4v) is 3.66. The highest BCUT2D eigenvalue weighted by atomic mass is 79.9. The lowest BCUT2D eigenvalue weighted by Gasteiger charge is -2.10. The molecular weight excluding hydrogens is 394 g/mol. The average Bonchev–Trinajstić information content (AvgIpc) is 2.82. The van der Waals surface area contributed by atoms with E-state index in [2.05, 4.69) is 21.4 Å². The van der Waals surface area contributed by atoms with Crippen molar-refractivity contribution in [2.45, 2.75) is 11.3 Å². The number of hydrogen-bond donors (Lipinski definition) is 2. The Morgan fingerprint density at radius 3 is 2.68 bits per heavy atom. The van der Waals surface area contributed by atoms with E-state index in [4.69, 9.17) is 11.6 Å². The number of sulfonamides is 1. The van der Waals surface area contributed by atoms with Crippen molar-refractivity contribution in [2.24, 2.45) is 7.05 Å². The quantitative estimate of drug-likeness (QED) is 0.745. The predicted molar refractivity (Wildman–Crippen MR) is 86.7 cm³/mol. The minimum Gasteiger partial charge on any atom is -0.354 e. The van der Waals surface area contributed by atoms with Crippen molar-refractivity contribution in [2.75, 3.05) is 0 Å². The molecule has 0 fully saturated rings. The first-order valence-electron chi connectivity index (χ1n) is 6.15. The van der Waals surface area contributed by atoms with Gasteiger partial charge in [-0.1, -0.05) is 27.5 Å². The van der Waals surface area contributed by atoms with E-state index in [0.717, 1.165) is 5.69 Å². The molecule has 0 saturated heterocycles. The molecule has 1 aromatic heterocycles. The molecule has 0 aliphatic rings. The molecule has 0 aliphatic heterocycles. The molecule has 118 valence electrons. The van der Waals surface area contributed by atoms with Crippen molar-refractivity contribution in [3.63, 3.8) is 0 Å². The van der Waals surface area contributed by atoms with Gasteiger partial charge >= 0.3 is 0 Å². The Kier molecular flexibility index (Phi) is 5.28. The standard InChI is InChI=1S/C13H13BrClN3O3S/c1-18-6-2-3-10(18)8-13(19)16-17-22(20,21)12-5-4-9(14)7-11(12)15/h2-7,17H,8H2,1H3,(H,16,19). The maximum absolute atomic E-state index is 12.1. The first kappa shape index (κ1) is 17.0. The minimum atomic E-state index is -3.93. The average molecular weight is 407 g/mol. The number of benzene rings is 1. The number of hydrogen-bond acceptors (Lipinski definition) is 3. The minimum absolute atomic E-state index is 0.0542. The normalized spacial score (nSPS) is 11.4. The van der Waals surface area contributed by atoms with Gasteiger partial charge in [-0.2, -0.15) is 0 Å². The van der Waals surface area contributed by atoms with Crippen LogP contribution in [0, 0.1) is 0 Å². The van der Waals surface area contributed by atoms with Crippen LogP contribution in [0.25, 0.3) is 0 Å². The molecule has 1 heterocycles. The van der Waals surface area contributed by atoms with Crippen LogP contribution in [0.1, 0.15) is 5.69 Å². The SMILES string of the molecule is Cn1cccc1CC(=O)NNS(=O)(=O)c1ccc(Br)cc1Cl. The molecule has 2 N–H and O–H groups in total. The number of aryl methyl sites for hydroxylation is 1. The highest BCUT2D eigenvalue weighted by Gasteiger charge is 2.19. The van der Waals surface area contributed by atoms with Gasteiger partial charge in [0.1, 0.15) is 4.90 Å².